The summed E-state index contributed by atoms with van der Waals surface area (Å²) in [4.78, 5) is 0. The highest BCUT2D eigenvalue weighted by Crippen LogP contribution is 2.09. The SMILES string of the molecule is CCC(CCBr)CNS(=O)(=O)CCc1ccccc1. The number of hydrogen-bond donors (Lipinski definition) is 1. The Morgan fingerprint density at radius 3 is 2.53 bits per heavy atom. The van der Waals surface area contributed by atoms with Crippen molar-refractivity contribution >= 4 is 26.0 Å². The van der Waals surface area contributed by atoms with E-state index in [0.717, 1.165) is 23.7 Å². The van der Waals surface area contributed by atoms with Gasteiger partial charge in [-0.15, -0.1) is 0 Å². The number of nitrogens with one attached hydrogen (secondary N) is 1. The van der Waals surface area contributed by atoms with Crippen LogP contribution in [0.2, 0.25) is 0 Å². The van der Waals surface area contributed by atoms with Crippen LogP contribution in [0.5, 0.6) is 0 Å². The molecule has 0 spiro atoms. The molecule has 19 heavy (non-hydrogen) atoms. The monoisotopic (exact) mass is 347 g/mol. The van der Waals surface area contributed by atoms with Crippen molar-refractivity contribution in [1.82, 2.24) is 4.72 Å². The van der Waals surface area contributed by atoms with Gasteiger partial charge in [0.05, 0.1) is 5.75 Å². The van der Waals surface area contributed by atoms with Crippen LogP contribution in [0.3, 0.4) is 0 Å². The Kier molecular flexibility index (Phi) is 7.64. The van der Waals surface area contributed by atoms with E-state index in [-0.39, 0.29) is 5.75 Å². The smallest absolute Gasteiger partial charge is 0.211 e. The number of rotatable bonds is 9. The maximum Gasteiger partial charge on any atom is 0.211 e. The Bertz CT molecular complexity index is 448. The molecule has 0 radical (unpaired) electrons. The predicted octanol–water partition coefficient (Wildman–Crippen LogP) is 2.96. The third-order valence-electron chi connectivity index (χ3n) is 3.19. The van der Waals surface area contributed by atoms with Crippen molar-refractivity contribution in [2.24, 2.45) is 5.92 Å². The van der Waals surface area contributed by atoms with Crippen molar-refractivity contribution in [3.63, 3.8) is 0 Å². The lowest BCUT2D eigenvalue weighted by atomic mass is 10.0. The molecule has 0 amide bonds. The second kappa shape index (κ2) is 8.72. The van der Waals surface area contributed by atoms with E-state index < -0.39 is 10.0 Å². The number of aryl methyl sites for hydroxylation is 1. The highest BCUT2D eigenvalue weighted by atomic mass is 79.9. The molecule has 1 unspecified atom stereocenters. The molecule has 3 nitrogen and oxygen atoms in total. The number of alkyl halides is 1. The highest BCUT2D eigenvalue weighted by Gasteiger charge is 2.13. The lowest BCUT2D eigenvalue weighted by Gasteiger charge is -2.14. The first-order chi connectivity index (χ1) is 9.07. The molecule has 0 saturated carbocycles. The molecule has 1 N–H and O–H groups in total. The van der Waals surface area contributed by atoms with Crippen LogP contribution in [0, 0.1) is 5.92 Å². The quantitative estimate of drug-likeness (QED) is 0.698. The van der Waals surface area contributed by atoms with Crippen molar-refractivity contribution in [1.29, 1.82) is 0 Å². The summed E-state index contributed by atoms with van der Waals surface area (Å²) in [5, 5.41) is 0.914. The summed E-state index contributed by atoms with van der Waals surface area (Å²) in [6, 6.07) is 9.70. The fourth-order valence-electron chi connectivity index (χ4n) is 1.82. The average Bonchev–Trinajstić information content (AvgIpc) is 2.42. The molecule has 0 aliphatic rings. The van der Waals surface area contributed by atoms with E-state index in [4.69, 9.17) is 0 Å². The summed E-state index contributed by atoms with van der Waals surface area (Å²) in [5.74, 6) is 0.563. The van der Waals surface area contributed by atoms with Gasteiger partial charge in [0.25, 0.3) is 0 Å². The molecule has 0 aromatic heterocycles. The number of benzene rings is 1. The van der Waals surface area contributed by atoms with E-state index in [2.05, 4.69) is 27.6 Å². The van der Waals surface area contributed by atoms with Gasteiger partial charge in [0.2, 0.25) is 10.0 Å². The van der Waals surface area contributed by atoms with Gasteiger partial charge >= 0.3 is 0 Å². The summed E-state index contributed by atoms with van der Waals surface area (Å²) in [6.45, 7) is 2.63. The van der Waals surface area contributed by atoms with Crippen molar-refractivity contribution in [3.05, 3.63) is 35.9 Å². The van der Waals surface area contributed by atoms with Crippen LogP contribution in [-0.4, -0.2) is 26.0 Å². The topological polar surface area (TPSA) is 46.2 Å². The lowest BCUT2D eigenvalue weighted by Crippen LogP contribution is -2.32. The predicted molar refractivity (Wildman–Crippen MR) is 84.1 cm³/mol. The number of halogens is 1. The zero-order valence-corrected chi connectivity index (χ0v) is 13.7. The molecule has 0 aliphatic carbocycles. The largest absolute Gasteiger partial charge is 0.215 e. The van der Waals surface area contributed by atoms with E-state index >= 15 is 0 Å². The Balaban J connectivity index is 2.39. The van der Waals surface area contributed by atoms with Crippen LogP contribution in [0.1, 0.15) is 25.3 Å². The first-order valence-electron chi connectivity index (χ1n) is 6.64. The molecule has 1 aromatic carbocycles. The summed E-state index contributed by atoms with van der Waals surface area (Å²) < 4.78 is 26.5. The molecule has 5 heteroatoms. The fraction of sp³-hybridized carbons (Fsp3) is 0.571. The Labute approximate surface area is 125 Å². The van der Waals surface area contributed by atoms with E-state index in [1.165, 1.54) is 0 Å². The van der Waals surface area contributed by atoms with Crippen LogP contribution >= 0.6 is 15.9 Å². The van der Waals surface area contributed by atoms with Gasteiger partial charge in [-0.25, -0.2) is 13.1 Å². The van der Waals surface area contributed by atoms with Gasteiger partial charge in [0, 0.05) is 11.9 Å². The second-order valence-electron chi connectivity index (χ2n) is 4.65. The molecule has 0 saturated heterocycles. The minimum absolute atomic E-state index is 0.155. The summed E-state index contributed by atoms with van der Waals surface area (Å²) in [5.41, 5.74) is 1.06. The van der Waals surface area contributed by atoms with Crippen LogP contribution in [0.4, 0.5) is 0 Å². The van der Waals surface area contributed by atoms with Gasteiger partial charge in [-0.1, -0.05) is 59.6 Å². The van der Waals surface area contributed by atoms with E-state index in [1.54, 1.807) is 0 Å². The molecule has 108 valence electrons. The molecular weight excluding hydrogens is 326 g/mol. The Morgan fingerprint density at radius 2 is 1.95 bits per heavy atom. The van der Waals surface area contributed by atoms with Gasteiger partial charge in [-0.2, -0.15) is 0 Å². The zero-order chi connectivity index (χ0) is 14.1. The van der Waals surface area contributed by atoms with E-state index in [0.29, 0.717) is 18.9 Å². The van der Waals surface area contributed by atoms with Crippen LogP contribution < -0.4 is 4.72 Å². The second-order valence-corrected chi connectivity index (χ2v) is 7.37. The van der Waals surface area contributed by atoms with Crippen molar-refractivity contribution < 1.29 is 8.42 Å². The number of hydrogen-bond acceptors (Lipinski definition) is 2. The third kappa shape index (κ3) is 7.09. The van der Waals surface area contributed by atoms with Gasteiger partial charge in [0.1, 0.15) is 0 Å². The fourth-order valence-corrected chi connectivity index (χ4v) is 3.60. The summed E-state index contributed by atoms with van der Waals surface area (Å²) in [6.07, 6.45) is 2.55. The average molecular weight is 348 g/mol. The maximum absolute atomic E-state index is 11.9. The molecule has 1 aromatic rings. The Morgan fingerprint density at radius 1 is 1.26 bits per heavy atom. The van der Waals surface area contributed by atoms with Crippen LogP contribution in [-0.2, 0) is 16.4 Å². The van der Waals surface area contributed by atoms with Crippen LogP contribution in [0.25, 0.3) is 0 Å². The molecule has 0 bridgehead atoms. The minimum Gasteiger partial charge on any atom is -0.215 e. The van der Waals surface area contributed by atoms with Gasteiger partial charge in [-0.05, 0) is 24.3 Å². The van der Waals surface area contributed by atoms with Gasteiger partial charge in [0.15, 0.2) is 0 Å². The molecule has 0 heterocycles. The van der Waals surface area contributed by atoms with Gasteiger partial charge in [-0.3, -0.25) is 0 Å². The number of sulfonamides is 1. The molecule has 0 aliphatic heterocycles. The zero-order valence-electron chi connectivity index (χ0n) is 11.3. The van der Waals surface area contributed by atoms with Gasteiger partial charge < -0.3 is 0 Å². The standard InChI is InChI=1S/C14H22BrNO2S/c1-2-13(8-10-15)12-16-19(17,18)11-9-14-6-4-3-5-7-14/h3-7,13,16H,2,8-12H2,1H3. The first-order valence-corrected chi connectivity index (χ1v) is 9.42. The summed E-state index contributed by atoms with van der Waals surface area (Å²) >= 11 is 3.40. The molecule has 0 fully saturated rings. The summed E-state index contributed by atoms with van der Waals surface area (Å²) in [7, 11) is -3.17. The van der Waals surface area contributed by atoms with Crippen molar-refractivity contribution in [3.8, 4) is 0 Å². The lowest BCUT2D eigenvalue weighted by molar-refractivity contribution is 0.483. The van der Waals surface area contributed by atoms with Crippen molar-refractivity contribution in [2.75, 3.05) is 17.6 Å². The van der Waals surface area contributed by atoms with E-state index in [1.807, 2.05) is 30.3 Å². The Hall–Kier alpha value is -0.390. The molecule has 1 rings (SSSR count). The highest BCUT2D eigenvalue weighted by molar-refractivity contribution is 9.09. The maximum atomic E-state index is 11.9. The first kappa shape index (κ1) is 16.7. The van der Waals surface area contributed by atoms with Crippen LogP contribution in [0.15, 0.2) is 30.3 Å². The minimum atomic E-state index is -3.17. The third-order valence-corrected chi connectivity index (χ3v) is 4.99. The van der Waals surface area contributed by atoms with E-state index in [9.17, 15) is 8.42 Å². The van der Waals surface area contributed by atoms with Crippen molar-refractivity contribution in [2.45, 2.75) is 26.2 Å². The normalized spacial score (nSPS) is 13.4. The molecular formula is C14H22BrNO2S. The molecule has 1 atom stereocenters.